The molecule has 0 bridgehead atoms. The van der Waals surface area contributed by atoms with Gasteiger partial charge >= 0.3 is 5.69 Å². The zero-order valence-electron chi connectivity index (χ0n) is 11.8. The molecular weight excluding hydrogens is 330 g/mol. The predicted octanol–water partition coefficient (Wildman–Crippen LogP) is 1.06. The molecule has 1 aromatic heterocycles. The van der Waals surface area contributed by atoms with Gasteiger partial charge in [-0.1, -0.05) is 23.7 Å². The lowest BCUT2D eigenvalue weighted by atomic mass is 10.1. The van der Waals surface area contributed by atoms with E-state index in [2.05, 4.69) is 9.71 Å². The fourth-order valence-electron chi connectivity index (χ4n) is 2.02. The quantitative estimate of drug-likeness (QED) is 0.770. The van der Waals surface area contributed by atoms with Crippen LogP contribution < -0.4 is 16.0 Å². The molecule has 7 nitrogen and oxygen atoms in total. The van der Waals surface area contributed by atoms with Crippen molar-refractivity contribution in [1.29, 1.82) is 0 Å². The maximum Gasteiger partial charge on any atom is 0.325 e. The summed E-state index contributed by atoms with van der Waals surface area (Å²) < 4.78 is 27.1. The van der Waals surface area contributed by atoms with Gasteiger partial charge in [0.15, 0.2) is 4.90 Å². The van der Waals surface area contributed by atoms with Gasteiger partial charge in [0.2, 0.25) is 10.0 Å². The summed E-state index contributed by atoms with van der Waals surface area (Å²) >= 11 is 5.78. The van der Waals surface area contributed by atoms with Gasteiger partial charge < -0.3 is 4.98 Å². The topological polar surface area (TPSA) is 112 Å². The van der Waals surface area contributed by atoms with Crippen LogP contribution in [-0.4, -0.2) is 18.4 Å². The van der Waals surface area contributed by atoms with Crippen molar-refractivity contribution in [2.75, 3.05) is 0 Å². The Bertz CT molecular complexity index is 900. The van der Waals surface area contributed by atoms with E-state index in [-0.39, 0.29) is 5.69 Å². The first-order valence-corrected chi connectivity index (χ1v) is 8.18. The Balaban J connectivity index is 2.38. The van der Waals surface area contributed by atoms with Crippen molar-refractivity contribution in [2.45, 2.75) is 24.8 Å². The van der Waals surface area contributed by atoms with Gasteiger partial charge in [-0.05, 0) is 31.5 Å². The highest BCUT2D eigenvalue weighted by molar-refractivity contribution is 7.89. The SMILES string of the molecule is Cc1[nH]c(=O)[nH]c(=O)c1S(=O)(=O)NC(C)c1ccc(Cl)cc1. The Morgan fingerprint density at radius 2 is 1.73 bits per heavy atom. The number of H-pyrrole nitrogens is 2. The lowest BCUT2D eigenvalue weighted by Crippen LogP contribution is -2.35. The number of hydrogen-bond donors (Lipinski definition) is 3. The van der Waals surface area contributed by atoms with Crippen molar-refractivity contribution >= 4 is 21.6 Å². The summed E-state index contributed by atoms with van der Waals surface area (Å²) in [6.45, 7) is 2.98. The molecule has 0 aliphatic rings. The second kappa shape index (κ2) is 6.07. The normalized spacial score (nSPS) is 13.0. The van der Waals surface area contributed by atoms with Gasteiger partial charge in [-0.25, -0.2) is 17.9 Å². The molecule has 0 aliphatic carbocycles. The maximum absolute atomic E-state index is 12.4. The van der Waals surface area contributed by atoms with Crippen LogP contribution >= 0.6 is 11.6 Å². The second-order valence-electron chi connectivity index (χ2n) is 4.76. The largest absolute Gasteiger partial charge is 0.325 e. The lowest BCUT2D eigenvalue weighted by Gasteiger charge is -2.15. The minimum Gasteiger partial charge on any atom is -0.310 e. The van der Waals surface area contributed by atoms with E-state index in [9.17, 15) is 18.0 Å². The van der Waals surface area contributed by atoms with Crippen molar-refractivity contribution < 1.29 is 8.42 Å². The molecule has 0 fully saturated rings. The van der Waals surface area contributed by atoms with Crippen LogP contribution in [0.2, 0.25) is 5.02 Å². The molecule has 0 spiro atoms. The van der Waals surface area contributed by atoms with Crippen molar-refractivity contribution in [2.24, 2.45) is 0 Å². The van der Waals surface area contributed by atoms with Gasteiger partial charge in [0.25, 0.3) is 5.56 Å². The molecular formula is C13H14ClN3O4S. The van der Waals surface area contributed by atoms with E-state index in [0.717, 1.165) is 0 Å². The molecule has 1 heterocycles. The van der Waals surface area contributed by atoms with E-state index < -0.39 is 32.2 Å². The number of aromatic amines is 2. The average Bonchev–Trinajstić information content (AvgIpc) is 2.36. The molecule has 9 heteroatoms. The summed E-state index contributed by atoms with van der Waals surface area (Å²) in [5.41, 5.74) is -1.06. The molecule has 3 N–H and O–H groups in total. The number of aryl methyl sites for hydroxylation is 1. The Hall–Kier alpha value is -1.90. The van der Waals surface area contributed by atoms with Gasteiger partial charge in [-0.15, -0.1) is 0 Å². The number of rotatable bonds is 4. The molecule has 0 amide bonds. The minimum atomic E-state index is -4.09. The van der Waals surface area contributed by atoms with Crippen molar-refractivity contribution in [1.82, 2.24) is 14.7 Å². The highest BCUT2D eigenvalue weighted by atomic mass is 35.5. The highest BCUT2D eigenvalue weighted by Crippen LogP contribution is 2.18. The second-order valence-corrected chi connectivity index (χ2v) is 6.84. The summed E-state index contributed by atoms with van der Waals surface area (Å²) in [6.07, 6.45) is 0. The summed E-state index contributed by atoms with van der Waals surface area (Å²) in [7, 11) is -4.09. The summed E-state index contributed by atoms with van der Waals surface area (Å²) in [5, 5.41) is 0.534. The van der Waals surface area contributed by atoms with E-state index in [1.54, 1.807) is 31.2 Å². The molecule has 1 aromatic carbocycles. The predicted molar refractivity (Wildman–Crippen MR) is 82.6 cm³/mol. The van der Waals surface area contributed by atoms with Crippen molar-refractivity contribution in [3.63, 3.8) is 0 Å². The summed E-state index contributed by atoms with van der Waals surface area (Å²) in [6, 6.07) is 6.06. The minimum absolute atomic E-state index is 0.0236. The molecule has 0 radical (unpaired) electrons. The molecule has 22 heavy (non-hydrogen) atoms. The van der Waals surface area contributed by atoms with E-state index in [0.29, 0.717) is 10.6 Å². The first kappa shape index (κ1) is 16.5. The molecule has 118 valence electrons. The third kappa shape index (κ3) is 3.46. The Kier molecular flexibility index (Phi) is 4.55. The van der Waals surface area contributed by atoms with Crippen LogP contribution in [0.5, 0.6) is 0 Å². The van der Waals surface area contributed by atoms with E-state index >= 15 is 0 Å². The number of hydrogen-bond acceptors (Lipinski definition) is 4. The highest BCUT2D eigenvalue weighted by Gasteiger charge is 2.24. The van der Waals surface area contributed by atoms with Crippen LogP contribution in [0.3, 0.4) is 0 Å². The van der Waals surface area contributed by atoms with Crippen LogP contribution in [0.25, 0.3) is 0 Å². The van der Waals surface area contributed by atoms with Gasteiger partial charge in [-0.3, -0.25) is 9.78 Å². The molecule has 2 aromatic rings. The molecule has 0 saturated heterocycles. The fourth-order valence-corrected chi connectivity index (χ4v) is 3.62. The summed E-state index contributed by atoms with van der Waals surface area (Å²) in [4.78, 5) is 26.5. The fraction of sp³-hybridized carbons (Fsp3) is 0.231. The van der Waals surface area contributed by atoms with Gasteiger partial charge in [0, 0.05) is 16.8 Å². The zero-order chi connectivity index (χ0) is 16.5. The third-order valence-electron chi connectivity index (χ3n) is 3.05. The number of sulfonamides is 1. The van der Waals surface area contributed by atoms with E-state index in [1.165, 1.54) is 6.92 Å². The molecule has 1 atom stereocenters. The Morgan fingerprint density at radius 1 is 1.14 bits per heavy atom. The average molecular weight is 344 g/mol. The standard InChI is InChI=1S/C13H14ClN3O4S/c1-7(9-3-5-10(14)6-4-9)17-22(20,21)11-8(2)15-13(19)16-12(11)18/h3-7,17H,1-2H3,(H2,15,16,18,19). The monoisotopic (exact) mass is 343 g/mol. The first-order valence-electron chi connectivity index (χ1n) is 6.31. The first-order chi connectivity index (χ1) is 10.2. The van der Waals surface area contributed by atoms with Gasteiger partial charge in [-0.2, -0.15) is 0 Å². The van der Waals surface area contributed by atoms with Gasteiger partial charge in [0.1, 0.15) is 0 Å². The van der Waals surface area contributed by atoms with Crippen molar-refractivity contribution in [3.05, 3.63) is 61.4 Å². The molecule has 2 rings (SSSR count). The number of nitrogens with one attached hydrogen (secondary N) is 3. The zero-order valence-corrected chi connectivity index (χ0v) is 13.4. The third-order valence-corrected chi connectivity index (χ3v) is 4.99. The van der Waals surface area contributed by atoms with Crippen LogP contribution in [0.15, 0.2) is 38.8 Å². The number of halogens is 1. The van der Waals surface area contributed by atoms with Crippen LogP contribution in [0.1, 0.15) is 24.2 Å². The maximum atomic E-state index is 12.4. The lowest BCUT2D eigenvalue weighted by molar-refractivity contribution is 0.563. The summed E-state index contributed by atoms with van der Waals surface area (Å²) in [5.74, 6) is 0. The Labute approximate surface area is 131 Å². The van der Waals surface area contributed by atoms with E-state index in [1.807, 2.05) is 4.98 Å². The van der Waals surface area contributed by atoms with Crippen LogP contribution in [0.4, 0.5) is 0 Å². The molecule has 0 aliphatic heterocycles. The number of aromatic nitrogens is 2. The molecule has 1 unspecified atom stereocenters. The van der Waals surface area contributed by atoms with Gasteiger partial charge in [0.05, 0.1) is 0 Å². The molecule has 0 saturated carbocycles. The Morgan fingerprint density at radius 3 is 2.27 bits per heavy atom. The smallest absolute Gasteiger partial charge is 0.310 e. The van der Waals surface area contributed by atoms with Crippen LogP contribution in [-0.2, 0) is 10.0 Å². The van der Waals surface area contributed by atoms with E-state index in [4.69, 9.17) is 11.6 Å². The van der Waals surface area contributed by atoms with Crippen LogP contribution in [0, 0.1) is 6.92 Å². The number of benzene rings is 1. The van der Waals surface area contributed by atoms with Crippen molar-refractivity contribution in [3.8, 4) is 0 Å².